The van der Waals surface area contributed by atoms with Gasteiger partial charge in [-0.15, -0.1) is 0 Å². The van der Waals surface area contributed by atoms with Crippen LogP contribution in [0.1, 0.15) is 17.5 Å². The van der Waals surface area contributed by atoms with Crippen LogP contribution < -0.4 is 0 Å². The minimum atomic E-state index is -0.0931. The van der Waals surface area contributed by atoms with Gasteiger partial charge >= 0.3 is 0 Å². The van der Waals surface area contributed by atoms with Crippen LogP contribution >= 0.6 is 27.5 Å². The van der Waals surface area contributed by atoms with Crippen LogP contribution in [0.2, 0.25) is 5.02 Å². The Labute approximate surface area is 106 Å². The van der Waals surface area contributed by atoms with Crippen LogP contribution in [0.5, 0.6) is 0 Å². The first kappa shape index (κ1) is 11.4. The molecule has 0 saturated carbocycles. The topological polar surface area (TPSA) is 30.2 Å². The molecule has 0 radical (unpaired) electrons. The monoisotopic (exact) mass is 298 g/mol. The van der Waals surface area contributed by atoms with Crippen LogP contribution in [-0.2, 0) is 0 Å². The van der Waals surface area contributed by atoms with Crippen molar-refractivity contribution in [3.8, 4) is 11.3 Å². The van der Waals surface area contributed by atoms with E-state index in [0.29, 0.717) is 16.5 Å². The van der Waals surface area contributed by atoms with Crippen molar-refractivity contribution in [2.24, 2.45) is 0 Å². The van der Waals surface area contributed by atoms with Gasteiger partial charge in [-0.3, -0.25) is 4.79 Å². The highest BCUT2D eigenvalue weighted by molar-refractivity contribution is 9.10. The second kappa shape index (κ2) is 4.44. The standard InChI is InChI=1S/C12H8BrClO2/c1-7(15)11-4-5-12(16-11)9-6-8(14)2-3-10(9)13/h2-6H,1H3. The van der Waals surface area contributed by atoms with Crippen molar-refractivity contribution in [2.45, 2.75) is 6.92 Å². The third kappa shape index (κ3) is 2.20. The van der Waals surface area contributed by atoms with E-state index in [0.717, 1.165) is 10.0 Å². The maximum atomic E-state index is 11.1. The number of ketones is 1. The summed E-state index contributed by atoms with van der Waals surface area (Å²) in [7, 11) is 0. The van der Waals surface area contributed by atoms with Gasteiger partial charge in [-0.2, -0.15) is 0 Å². The van der Waals surface area contributed by atoms with E-state index < -0.39 is 0 Å². The lowest BCUT2D eigenvalue weighted by molar-refractivity contribution is 0.0988. The summed E-state index contributed by atoms with van der Waals surface area (Å²) in [6, 6.07) is 8.82. The van der Waals surface area contributed by atoms with E-state index in [1.165, 1.54) is 6.92 Å². The molecule has 0 saturated heterocycles. The normalized spacial score (nSPS) is 10.4. The molecule has 0 spiro atoms. The Balaban J connectivity index is 2.50. The molecule has 82 valence electrons. The number of benzene rings is 1. The van der Waals surface area contributed by atoms with E-state index >= 15 is 0 Å². The molecule has 0 N–H and O–H groups in total. The fraction of sp³-hybridized carbons (Fsp3) is 0.0833. The third-order valence-electron chi connectivity index (χ3n) is 2.15. The first-order valence-electron chi connectivity index (χ1n) is 4.64. The largest absolute Gasteiger partial charge is 0.453 e. The molecule has 1 heterocycles. The van der Waals surface area contributed by atoms with E-state index in [2.05, 4.69) is 15.9 Å². The van der Waals surface area contributed by atoms with E-state index in [9.17, 15) is 4.79 Å². The quantitative estimate of drug-likeness (QED) is 0.761. The molecule has 1 aromatic heterocycles. The fourth-order valence-electron chi connectivity index (χ4n) is 1.36. The van der Waals surface area contributed by atoms with Crippen molar-refractivity contribution in [2.75, 3.05) is 0 Å². The summed E-state index contributed by atoms with van der Waals surface area (Å²) in [5.41, 5.74) is 0.833. The predicted molar refractivity (Wildman–Crippen MR) is 66.9 cm³/mol. The van der Waals surface area contributed by atoms with Crippen molar-refractivity contribution in [1.29, 1.82) is 0 Å². The molecule has 16 heavy (non-hydrogen) atoms. The Morgan fingerprint density at radius 3 is 2.69 bits per heavy atom. The highest BCUT2D eigenvalue weighted by atomic mass is 79.9. The molecule has 0 aliphatic carbocycles. The van der Waals surface area contributed by atoms with Crippen molar-refractivity contribution >= 4 is 33.3 Å². The molecule has 0 atom stereocenters. The van der Waals surface area contributed by atoms with E-state index in [4.69, 9.17) is 16.0 Å². The van der Waals surface area contributed by atoms with Gasteiger partial charge in [0.2, 0.25) is 0 Å². The number of furan rings is 1. The molecule has 0 aliphatic rings. The highest BCUT2D eigenvalue weighted by Gasteiger charge is 2.11. The molecular formula is C12H8BrClO2. The van der Waals surface area contributed by atoms with Gasteiger partial charge in [0.15, 0.2) is 11.5 Å². The Kier molecular flexibility index (Phi) is 3.17. The average Bonchev–Trinajstić information content (AvgIpc) is 2.70. The summed E-state index contributed by atoms with van der Waals surface area (Å²) < 4.78 is 6.31. The van der Waals surface area contributed by atoms with Crippen LogP contribution in [0.4, 0.5) is 0 Å². The Morgan fingerprint density at radius 1 is 1.31 bits per heavy atom. The second-order valence-electron chi connectivity index (χ2n) is 3.34. The summed E-state index contributed by atoms with van der Waals surface area (Å²) in [5.74, 6) is 0.880. The number of carbonyl (C=O) groups excluding carboxylic acids is 1. The van der Waals surface area contributed by atoms with Crippen LogP contribution in [0.15, 0.2) is 39.2 Å². The van der Waals surface area contributed by atoms with Gasteiger partial charge in [0.1, 0.15) is 5.76 Å². The molecule has 0 fully saturated rings. The fourth-order valence-corrected chi connectivity index (χ4v) is 1.97. The van der Waals surface area contributed by atoms with Crippen LogP contribution in [0.3, 0.4) is 0 Å². The molecule has 2 aromatic rings. The number of Topliss-reactive ketones (excluding diaryl/α,β-unsaturated/α-hetero) is 1. The number of hydrogen-bond acceptors (Lipinski definition) is 2. The van der Waals surface area contributed by atoms with Crippen molar-refractivity contribution in [1.82, 2.24) is 0 Å². The maximum Gasteiger partial charge on any atom is 0.194 e. The molecule has 2 nitrogen and oxygen atoms in total. The first-order valence-corrected chi connectivity index (χ1v) is 5.81. The summed E-state index contributed by atoms with van der Waals surface area (Å²) in [5, 5.41) is 0.624. The lowest BCUT2D eigenvalue weighted by Gasteiger charge is -2.01. The molecule has 4 heteroatoms. The zero-order chi connectivity index (χ0) is 11.7. The molecule has 0 unspecified atom stereocenters. The number of hydrogen-bond donors (Lipinski definition) is 0. The summed E-state index contributed by atoms with van der Waals surface area (Å²) in [6.45, 7) is 1.47. The SMILES string of the molecule is CC(=O)c1ccc(-c2cc(Cl)ccc2Br)o1. The number of halogens is 2. The van der Waals surface area contributed by atoms with Crippen molar-refractivity contribution in [3.05, 3.63) is 45.6 Å². The zero-order valence-corrected chi connectivity index (χ0v) is 10.8. The average molecular weight is 300 g/mol. The molecule has 0 aliphatic heterocycles. The highest BCUT2D eigenvalue weighted by Crippen LogP contribution is 2.32. The van der Waals surface area contributed by atoms with E-state index in [1.54, 1.807) is 24.3 Å². The van der Waals surface area contributed by atoms with E-state index in [1.807, 2.05) is 6.07 Å². The van der Waals surface area contributed by atoms with Gasteiger partial charge in [-0.1, -0.05) is 27.5 Å². The smallest absolute Gasteiger partial charge is 0.194 e. The Hall–Kier alpha value is -1.06. The third-order valence-corrected chi connectivity index (χ3v) is 3.07. The summed E-state index contributed by atoms with van der Waals surface area (Å²) >= 11 is 9.32. The van der Waals surface area contributed by atoms with Crippen LogP contribution in [-0.4, -0.2) is 5.78 Å². The van der Waals surface area contributed by atoms with Gasteiger partial charge in [-0.25, -0.2) is 0 Å². The van der Waals surface area contributed by atoms with Crippen molar-refractivity contribution < 1.29 is 9.21 Å². The van der Waals surface area contributed by atoms with Gasteiger partial charge in [0.05, 0.1) is 0 Å². The van der Waals surface area contributed by atoms with Crippen molar-refractivity contribution in [3.63, 3.8) is 0 Å². The molecular weight excluding hydrogens is 291 g/mol. The van der Waals surface area contributed by atoms with Crippen LogP contribution in [0, 0.1) is 0 Å². The predicted octanol–water partition coefficient (Wildman–Crippen LogP) is 4.57. The van der Waals surface area contributed by atoms with Crippen LogP contribution in [0.25, 0.3) is 11.3 Å². The number of rotatable bonds is 2. The first-order chi connectivity index (χ1) is 7.58. The second-order valence-corrected chi connectivity index (χ2v) is 4.64. The lowest BCUT2D eigenvalue weighted by atomic mass is 10.2. The van der Waals surface area contributed by atoms with Gasteiger partial charge in [0.25, 0.3) is 0 Å². The molecule has 0 bridgehead atoms. The van der Waals surface area contributed by atoms with Gasteiger partial charge in [0, 0.05) is 22.0 Å². The molecule has 2 rings (SSSR count). The zero-order valence-electron chi connectivity index (χ0n) is 8.46. The molecule has 1 aromatic carbocycles. The maximum absolute atomic E-state index is 11.1. The minimum absolute atomic E-state index is 0.0931. The number of carbonyl (C=O) groups is 1. The Morgan fingerprint density at radius 2 is 2.06 bits per heavy atom. The van der Waals surface area contributed by atoms with Gasteiger partial charge in [-0.05, 0) is 30.3 Å². The van der Waals surface area contributed by atoms with E-state index in [-0.39, 0.29) is 5.78 Å². The summed E-state index contributed by atoms with van der Waals surface area (Å²) in [6.07, 6.45) is 0. The Bertz CT molecular complexity index is 546. The lowest BCUT2D eigenvalue weighted by Crippen LogP contribution is -1.86. The minimum Gasteiger partial charge on any atom is -0.453 e. The summed E-state index contributed by atoms with van der Waals surface area (Å²) in [4.78, 5) is 11.1. The molecule has 0 amide bonds. The van der Waals surface area contributed by atoms with Gasteiger partial charge < -0.3 is 4.42 Å².